The number of alkyl halides is 12. The molecular weight excluding hydrogens is 937 g/mol. The third-order valence-electron chi connectivity index (χ3n) is 8.21. The zero-order valence-electron chi connectivity index (χ0n) is 34.7. The molecule has 1 amide bonds. The lowest BCUT2D eigenvalue weighted by molar-refractivity contribution is -0.144. The summed E-state index contributed by atoms with van der Waals surface area (Å²) in [6.45, 7) is 7.29. The minimum Gasteiger partial charge on any atom is -0.478 e. The summed E-state index contributed by atoms with van der Waals surface area (Å²) >= 11 is 0. The minimum absolute atomic E-state index is 0. The molecule has 0 spiro atoms. The summed E-state index contributed by atoms with van der Waals surface area (Å²) in [5.41, 5.74) is 0.522. The van der Waals surface area contributed by atoms with E-state index in [0.717, 1.165) is 51.6 Å². The van der Waals surface area contributed by atoms with E-state index in [1.165, 1.54) is 0 Å². The number of carbonyl (C=O) groups is 2. The van der Waals surface area contributed by atoms with E-state index in [1.807, 2.05) is 20.8 Å². The number of aliphatic carboxylic acids is 1. The Morgan fingerprint density at radius 1 is 0.588 bits per heavy atom. The number of hydrogen-bond donors (Lipinski definition) is 3. The molecule has 4 heterocycles. The highest BCUT2D eigenvalue weighted by atomic mass is 19.4. The Hall–Kier alpha value is -7.58. The van der Waals surface area contributed by atoms with Gasteiger partial charge in [0.05, 0.1) is 34.3 Å². The summed E-state index contributed by atoms with van der Waals surface area (Å²) in [6, 6.07) is 1.43. The van der Waals surface area contributed by atoms with Crippen molar-refractivity contribution < 1.29 is 67.4 Å². The normalized spacial score (nSPS) is 12.9. The molecule has 0 aliphatic rings. The Bertz CT molecular complexity index is 2630. The zero-order valence-corrected chi connectivity index (χ0v) is 34.7. The standard InChI is InChI=1S/C20H16F6N6O.C13H7F6N3O2.C7H11N3.CH4/c1-11-8-27-17(28-9-11)12(2)30-16(33)3-4-32-10-29-18(31-32)13-5-14(19(21,22)23)7-15(6-13)20(24,25)26;14-12(15,16)8-3-7(4-9(5-8)13(17,18)19)11-20-6-22(21-11)2-1-10(23)24;1-5-3-9-7(6(2)8)10-4-5;/h3-10,12H,1-2H3,(H,30,33);1-6H,(H,23,24);3-4,6H,8H2,1-2H3;1H4/b4-3-;2-1-;;. The van der Waals surface area contributed by atoms with Crippen LogP contribution in [0.1, 0.15) is 78.4 Å². The van der Waals surface area contributed by atoms with E-state index in [4.69, 9.17) is 10.8 Å². The molecule has 2 unspecified atom stereocenters. The van der Waals surface area contributed by atoms with Crippen molar-refractivity contribution in [1.82, 2.24) is 54.8 Å². The van der Waals surface area contributed by atoms with Crippen LogP contribution < -0.4 is 11.1 Å². The van der Waals surface area contributed by atoms with E-state index < -0.39 is 81.8 Å². The van der Waals surface area contributed by atoms with Crippen molar-refractivity contribution >= 4 is 24.3 Å². The Balaban J connectivity index is 0.000000305. The predicted octanol–water partition coefficient (Wildman–Crippen LogP) is 9.41. The number of halogens is 12. The minimum atomic E-state index is -4.99. The fourth-order valence-corrected chi connectivity index (χ4v) is 5.00. The van der Waals surface area contributed by atoms with Crippen molar-refractivity contribution in [3.63, 3.8) is 0 Å². The Labute approximate surface area is 377 Å². The predicted molar refractivity (Wildman–Crippen MR) is 219 cm³/mol. The van der Waals surface area contributed by atoms with Crippen molar-refractivity contribution in [3.05, 3.63) is 131 Å². The number of nitrogens with two attached hydrogens (primary N) is 1. The van der Waals surface area contributed by atoms with Crippen LogP contribution in [-0.2, 0) is 34.3 Å². The first kappa shape index (κ1) is 54.8. The van der Waals surface area contributed by atoms with Crippen molar-refractivity contribution in [2.75, 3.05) is 0 Å². The van der Waals surface area contributed by atoms with Crippen LogP contribution in [0, 0.1) is 13.8 Å². The van der Waals surface area contributed by atoms with Gasteiger partial charge in [0.15, 0.2) is 11.6 Å². The molecular formula is C41H38F12N12O3. The van der Waals surface area contributed by atoms with Crippen LogP contribution in [0.5, 0.6) is 0 Å². The summed E-state index contributed by atoms with van der Waals surface area (Å²) in [5, 5.41) is 18.5. The fourth-order valence-electron chi connectivity index (χ4n) is 5.00. The SMILES string of the molecule is C.Cc1cnc(C(C)N)nc1.Cc1cnc(C(C)NC(=O)/C=C\n2cnc(-c3cc(C(F)(F)F)cc(C(F)(F)F)c3)n2)nc1.O=C(O)/C=C\n1cnc(-c2cc(C(F)(F)F)cc(C(F)(F)F)c2)n1. The molecule has 4 aromatic heterocycles. The van der Waals surface area contributed by atoms with Gasteiger partial charge in [0.1, 0.15) is 24.3 Å². The van der Waals surface area contributed by atoms with E-state index in [9.17, 15) is 62.3 Å². The van der Waals surface area contributed by atoms with Crippen molar-refractivity contribution in [2.24, 2.45) is 5.73 Å². The van der Waals surface area contributed by atoms with Gasteiger partial charge in [-0.25, -0.2) is 44.1 Å². The Morgan fingerprint density at radius 3 is 1.25 bits per heavy atom. The molecule has 0 saturated carbocycles. The highest BCUT2D eigenvalue weighted by Crippen LogP contribution is 2.39. The lowest BCUT2D eigenvalue weighted by atomic mass is 10.0. The maximum atomic E-state index is 13.0. The smallest absolute Gasteiger partial charge is 0.416 e. The van der Waals surface area contributed by atoms with Crippen molar-refractivity contribution in [2.45, 2.75) is 71.9 Å². The molecule has 0 saturated heterocycles. The lowest BCUT2D eigenvalue weighted by Gasteiger charge is -2.13. The third-order valence-corrected chi connectivity index (χ3v) is 8.21. The number of carbonyl (C=O) groups excluding carboxylic acids is 1. The van der Waals surface area contributed by atoms with Crippen LogP contribution >= 0.6 is 0 Å². The average molecular weight is 975 g/mol. The first-order chi connectivity index (χ1) is 31.0. The lowest BCUT2D eigenvalue weighted by Crippen LogP contribution is -2.26. The molecule has 2 atom stereocenters. The monoisotopic (exact) mass is 974 g/mol. The number of aryl methyl sites for hydroxylation is 2. The van der Waals surface area contributed by atoms with E-state index in [0.29, 0.717) is 42.0 Å². The van der Waals surface area contributed by atoms with Gasteiger partial charge in [0.2, 0.25) is 5.91 Å². The highest BCUT2D eigenvalue weighted by molar-refractivity contribution is 5.90. The van der Waals surface area contributed by atoms with Crippen molar-refractivity contribution in [3.8, 4) is 22.8 Å². The summed E-state index contributed by atoms with van der Waals surface area (Å²) in [6.07, 6.45) is -7.43. The van der Waals surface area contributed by atoms with E-state index >= 15 is 0 Å². The number of rotatable bonds is 9. The van der Waals surface area contributed by atoms with Crippen LogP contribution in [-0.4, -0.2) is 66.4 Å². The van der Waals surface area contributed by atoms with Gasteiger partial charge < -0.3 is 16.2 Å². The summed E-state index contributed by atoms with van der Waals surface area (Å²) in [4.78, 5) is 46.1. The molecule has 15 nitrogen and oxygen atoms in total. The van der Waals surface area contributed by atoms with Gasteiger partial charge in [-0.1, -0.05) is 7.43 Å². The molecule has 27 heteroatoms. The number of nitrogens with one attached hydrogen (secondary N) is 1. The van der Waals surface area contributed by atoms with Crippen molar-refractivity contribution in [1.29, 1.82) is 0 Å². The number of hydrogen-bond acceptors (Lipinski definition) is 11. The first-order valence-electron chi connectivity index (χ1n) is 18.6. The van der Waals surface area contributed by atoms with Crippen LogP contribution in [0.4, 0.5) is 52.7 Å². The summed E-state index contributed by atoms with van der Waals surface area (Å²) in [7, 11) is 0. The number of carboxylic acids is 1. The molecule has 6 rings (SSSR count). The number of nitrogens with zero attached hydrogens (tertiary/aromatic N) is 10. The van der Waals surface area contributed by atoms with Crippen LogP contribution in [0.3, 0.4) is 0 Å². The van der Waals surface area contributed by atoms with Gasteiger partial charge in [-0.3, -0.25) is 4.79 Å². The molecule has 0 fully saturated rings. The molecule has 4 N–H and O–H groups in total. The molecule has 0 aliphatic heterocycles. The number of benzene rings is 2. The molecule has 364 valence electrons. The van der Waals surface area contributed by atoms with Crippen LogP contribution in [0.2, 0.25) is 0 Å². The highest BCUT2D eigenvalue weighted by Gasteiger charge is 2.38. The number of aromatic nitrogens is 10. The van der Waals surface area contributed by atoms with Gasteiger partial charge in [-0.05, 0) is 75.2 Å². The zero-order chi connectivity index (χ0) is 50.1. The number of amides is 1. The topological polar surface area (TPSA) is 205 Å². The second kappa shape index (κ2) is 22.3. The molecule has 0 bridgehead atoms. The van der Waals surface area contributed by atoms with Gasteiger partial charge in [-0.15, -0.1) is 10.2 Å². The van der Waals surface area contributed by atoms with Crippen LogP contribution in [0.25, 0.3) is 35.2 Å². The molecule has 6 aromatic rings. The second-order valence-electron chi connectivity index (χ2n) is 13.9. The average Bonchev–Trinajstić information content (AvgIpc) is 3.92. The summed E-state index contributed by atoms with van der Waals surface area (Å²) in [5.74, 6) is -1.58. The second-order valence-corrected chi connectivity index (χ2v) is 13.9. The molecule has 2 aromatic carbocycles. The Kier molecular flexibility index (Phi) is 17.9. The number of carboxylic acid groups (broad SMARTS) is 1. The van der Waals surface area contributed by atoms with E-state index in [1.54, 1.807) is 31.7 Å². The van der Waals surface area contributed by atoms with E-state index in [2.05, 4.69) is 45.4 Å². The Morgan fingerprint density at radius 2 is 0.926 bits per heavy atom. The maximum absolute atomic E-state index is 13.0. The maximum Gasteiger partial charge on any atom is 0.416 e. The fraction of sp³-hybridized carbons (Fsp3) is 0.268. The molecule has 68 heavy (non-hydrogen) atoms. The van der Waals surface area contributed by atoms with Gasteiger partial charge in [-0.2, -0.15) is 52.7 Å². The molecule has 0 aliphatic carbocycles. The largest absolute Gasteiger partial charge is 0.478 e. The third kappa shape index (κ3) is 16.4. The summed E-state index contributed by atoms with van der Waals surface area (Å²) < 4.78 is 157. The van der Waals surface area contributed by atoms with Crippen LogP contribution in [0.15, 0.2) is 86.0 Å². The quantitative estimate of drug-likeness (QED) is 0.0916. The van der Waals surface area contributed by atoms with E-state index in [-0.39, 0.29) is 31.4 Å². The van der Waals surface area contributed by atoms with Gasteiger partial charge in [0, 0.05) is 60.5 Å². The first-order valence-corrected chi connectivity index (χ1v) is 18.6. The van der Waals surface area contributed by atoms with Gasteiger partial charge >= 0.3 is 30.7 Å². The molecule has 0 radical (unpaired) electrons. The van der Waals surface area contributed by atoms with Gasteiger partial charge in [0.25, 0.3) is 0 Å².